The van der Waals surface area contributed by atoms with Crippen molar-refractivity contribution in [3.63, 3.8) is 0 Å². The van der Waals surface area contributed by atoms with Crippen molar-refractivity contribution in [1.82, 2.24) is 0 Å². The number of hydrogen-bond acceptors (Lipinski definition) is 4. The summed E-state index contributed by atoms with van der Waals surface area (Å²) in [6.07, 6.45) is 3.60. The summed E-state index contributed by atoms with van der Waals surface area (Å²) in [5.74, 6) is -2.75. The maximum absolute atomic E-state index is 13.4. The summed E-state index contributed by atoms with van der Waals surface area (Å²) < 4.78 is 6.12. The van der Waals surface area contributed by atoms with Gasteiger partial charge in [-0.2, -0.15) is 0 Å². The number of amides is 1. The monoisotopic (exact) mass is 366 g/mol. The SMILES string of the molecule is C=C(C)C[C@@H]1N(c2ccc(C(C)C)cc2)C(=O)[C@H]2[C@@H](C(=O)[O-])[C@@H]3C=C[C@@]12O3. The van der Waals surface area contributed by atoms with Crippen molar-refractivity contribution in [2.24, 2.45) is 11.8 Å². The lowest BCUT2D eigenvalue weighted by atomic mass is 9.74. The lowest BCUT2D eigenvalue weighted by Crippen LogP contribution is -2.46. The van der Waals surface area contributed by atoms with Crippen molar-refractivity contribution in [3.05, 3.63) is 54.1 Å². The highest BCUT2D eigenvalue weighted by atomic mass is 16.5. The molecule has 142 valence electrons. The Morgan fingerprint density at radius 2 is 2.00 bits per heavy atom. The van der Waals surface area contributed by atoms with Crippen LogP contribution in [0.25, 0.3) is 0 Å². The maximum atomic E-state index is 13.4. The number of aliphatic carboxylic acids is 1. The standard InChI is InChI=1S/C22H25NO4/c1-12(2)11-17-22-10-9-16(27-22)18(21(25)26)19(22)20(24)23(17)15-7-5-14(6-8-15)13(3)4/h5-10,13,16-19H,1,11H2,2-4H3,(H,25,26)/p-1/t16-,17-,18-,19+,22+/m0/s1. The van der Waals surface area contributed by atoms with Gasteiger partial charge in [0.15, 0.2) is 0 Å². The summed E-state index contributed by atoms with van der Waals surface area (Å²) in [5.41, 5.74) is 1.94. The molecular formula is C22H24NO4-. The Hall–Kier alpha value is -2.40. The summed E-state index contributed by atoms with van der Waals surface area (Å²) in [6.45, 7) is 10.2. The molecule has 1 spiro atoms. The van der Waals surface area contributed by atoms with Crippen LogP contribution in [0.15, 0.2) is 48.6 Å². The second-order valence-corrected chi connectivity index (χ2v) is 8.25. The number of carbonyl (C=O) groups excluding carboxylic acids is 2. The van der Waals surface area contributed by atoms with Crippen molar-refractivity contribution in [2.45, 2.75) is 50.9 Å². The third-order valence-corrected chi connectivity index (χ3v) is 6.07. The van der Waals surface area contributed by atoms with E-state index in [1.54, 1.807) is 11.0 Å². The zero-order valence-electron chi connectivity index (χ0n) is 15.8. The first-order chi connectivity index (χ1) is 12.8. The highest BCUT2D eigenvalue weighted by Gasteiger charge is 2.69. The van der Waals surface area contributed by atoms with Crippen molar-refractivity contribution >= 4 is 17.6 Å². The van der Waals surface area contributed by atoms with Crippen molar-refractivity contribution < 1.29 is 19.4 Å². The Morgan fingerprint density at radius 3 is 2.56 bits per heavy atom. The van der Waals surface area contributed by atoms with Crippen LogP contribution in [0.1, 0.15) is 38.7 Å². The first-order valence-electron chi connectivity index (χ1n) is 9.41. The molecule has 5 nitrogen and oxygen atoms in total. The van der Waals surface area contributed by atoms with Crippen molar-refractivity contribution in [2.75, 3.05) is 4.90 Å². The number of benzene rings is 1. The van der Waals surface area contributed by atoms with E-state index in [-0.39, 0.29) is 11.9 Å². The van der Waals surface area contributed by atoms with E-state index >= 15 is 0 Å². The minimum atomic E-state index is -1.23. The number of ether oxygens (including phenoxy) is 1. The first kappa shape index (κ1) is 18.0. The third-order valence-electron chi connectivity index (χ3n) is 6.07. The largest absolute Gasteiger partial charge is 0.550 e. The Bertz CT molecular complexity index is 840. The third kappa shape index (κ3) is 2.48. The lowest BCUT2D eigenvalue weighted by Gasteiger charge is -2.33. The van der Waals surface area contributed by atoms with Gasteiger partial charge in [0.2, 0.25) is 5.91 Å². The smallest absolute Gasteiger partial charge is 0.234 e. The minimum Gasteiger partial charge on any atom is -0.550 e. The highest BCUT2D eigenvalue weighted by Crippen LogP contribution is 2.56. The van der Waals surface area contributed by atoms with E-state index in [0.717, 1.165) is 11.3 Å². The fourth-order valence-corrected chi connectivity index (χ4v) is 4.83. The van der Waals surface area contributed by atoms with E-state index in [0.29, 0.717) is 12.3 Å². The Balaban J connectivity index is 1.79. The zero-order chi connectivity index (χ0) is 19.5. The Morgan fingerprint density at radius 1 is 1.33 bits per heavy atom. The van der Waals surface area contributed by atoms with Gasteiger partial charge in [-0.05, 0) is 37.0 Å². The molecule has 0 saturated carbocycles. The Labute approximate surface area is 159 Å². The fourth-order valence-electron chi connectivity index (χ4n) is 4.83. The quantitative estimate of drug-likeness (QED) is 0.749. The van der Waals surface area contributed by atoms with Gasteiger partial charge in [0.1, 0.15) is 5.60 Å². The molecule has 5 heteroatoms. The molecule has 3 aliphatic rings. The molecule has 3 aliphatic heterocycles. The number of carbonyl (C=O) groups is 2. The van der Waals surface area contributed by atoms with Crippen LogP contribution < -0.4 is 10.0 Å². The van der Waals surface area contributed by atoms with Gasteiger partial charge in [-0.15, -0.1) is 6.58 Å². The summed E-state index contributed by atoms with van der Waals surface area (Å²) >= 11 is 0. The predicted molar refractivity (Wildman–Crippen MR) is 100.0 cm³/mol. The molecule has 2 bridgehead atoms. The molecule has 0 aliphatic carbocycles. The number of anilines is 1. The minimum absolute atomic E-state index is 0.209. The summed E-state index contributed by atoms with van der Waals surface area (Å²) in [6, 6.07) is 7.58. The number of carboxylic acid groups (broad SMARTS) is 1. The van der Waals surface area contributed by atoms with Gasteiger partial charge in [-0.25, -0.2) is 0 Å². The van der Waals surface area contributed by atoms with Gasteiger partial charge in [-0.3, -0.25) is 4.79 Å². The van der Waals surface area contributed by atoms with Gasteiger partial charge in [0.05, 0.1) is 18.1 Å². The van der Waals surface area contributed by atoms with Crippen LogP contribution >= 0.6 is 0 Å². The summed E-state index contributed by atoms with van der Waals surface area (Å²) in [5, 5.41) is 11.8. The van der Waals surface area contributed by atoms with Crippen LogP contribution in [0, 0.1) is 11.8 Å². The molecule has 3 heterocycles. The molecule has 2 fully saturated rings. The van der Waals surface area contributed by atoms with Gasteiger partial charge < -0.3 is 19.5 Å². The van der Waals surface area contributed by atoms with Crippen molar-refractivity contribution in [1.29, 1.82) is 0 Å². The fraction of sp³-hybridized carbons (Fsp3) is 0.455. The van der Waals surface area contributed by atoms with E-state index < -0.39 is 29.5 Å². The van der Waals surface area contributed by atoms with E-state index in [1.807, 2.05) is 37.3 Å². The second kappa shape index (κ2) is 6.06. The normalized spacial score (nSPS) is 33.8. The Kier molecular flexibility index (Phi) is 4.04. The highest BCUT2D eigenvalue weighted by molar-refractivity contribution is 6.03. The van der Waals surface area contributed by atoms with Crippen LogP contribution in [0.2, 0.25) is 0 Å². The van der Waals surface area contributed by atoms with Crippen LogP contribution in [0.4, 0.5) is 5.69 Å². The molecule has 0 unspecified atom stereocenters. The average Bonchev–Trinajstić information content (AvgIpc) is 3.24. The van der Waals surface area contributed by atoms with Crippen molar-refractivity contribution in [3.8, 4) is 0 Å². The molecule has 0 N–H and O–H groups in total. The molecule has 4 rings (SSSR count). The van der Waals surface area contributed by atoms with E-state index in [1.165, 1.54) is 5.56 Å². The van der Waals surface area contributed by atoms with E-state index in [2.05, 4.69) is 20.4 Å². The predicted octanol–water partition coefficient (Wildman–Crippen LogP) is 2.18. The number of rotatable bonds is 5. The molecule has 1 aromatic rings. The second-order valence-electron chi connectivity index (χ2n) is 8.25. The maximum Gasteiger partial charge on any atom is 0.234 e. The molecule has 2 saturated heterocycles. The molecule has 1 aromatic carbocycles. The molecular weight excluding hydrogens is 342 g/mol. The number of carboxylic acids is 1. The lowest BCUT2D eigenvalue weighted by molar-refractivity contribution is -0.313. The average molecular weight is 366 g/mol. The van der Waals surface area contributed by atoms with Crippen LogP contribution in [-0.2, 0) is 14.3 Å². The zero-order valence-corrected chi connectivity index (χ0v) is 15.8. The molecule has 0 aromatic heterocycles. The number of hydrogen-bond donors (Lipinski definition) is 0. The molecule has 5 atom stereocenters. The topological polar surface area (TPSA) is 69.7 Å². The summed E-state index contributed by atoms with van der Waals surface area (Å²) in [4.78, 5) is 26.9. The van der Waals surface area contributed by atoms with Gasteiger partial charge in [0, 0.05) is 17.6 Å². The molecule has 1 amide bonds. The summed E-state index contributed by atoms with van der Waals surface area (Å²) in [7, 11) is 0. The van der Waals surface area contributed by atoms with E-state index in [4.69, 9.17) is 4.74 Å². The number of fused-ring (bicyclic) bond motifs is 1. The number of nitrogens with zero attached hydrogens (tertiary/aromatic N) is 1. The van der Waals surface area contributed by atoms with Gasteiger partial charge in [0.25, 0.3) is 0 Å². The van der Waals surface area contributed by atoms with Crippen LogP contribution in [0.5, 0.6) is 0 Å². The van der Waals surface area contributed by atoms with Gasteiger partial charge in [-0.1, -0.05) is 43.7 Å². The van der Waals surface area contributed by atoms with Gasteiger partial charge >= 0.3 is 0 Å². The molecule has 27 heavy (non-hydrogen) atoms. The van der Waals surface area contributed by atoms with Crippen LogP contribution in [-0.4, -0.2) is 29.6 Å². The molecule has 0 radical (unpaired) electrons. The van der Waals surface area contributed by atoms with Crippen LogP contribution in [0.3, 0.4) is 0 Å². The first-order valence-corrected chi connectivity index (χ1v) is 9.41. The van der Waals surface area contributed by atoms with E-state index in [9.17, 15) is 14.7 Å².